The molecule has 0 amide bonds. The number of hydrogen-bond donors (Lipinski definition) is 1. The van der Waals surface area contributed by atoms with Gasteiger partial charge in [-0.15, -0.1) is 11.3 Å². The molecule has 0 unspecified atom stereocenters. The monoisotopic (exact) mass is 271 g/mol. The summed E-state index contributed by atoms with van der Waals surface area (Å²) < 4.78 is 2.37. The Balaban J connectivity index is 1.85. The Morgan fingerprint density at radius 2 is 2.12 bits per heavy atom. The highest BCUT2D eigenvalue weighted by Crippen LogP contribution is 2.36. The third-order valence-corrected chi connectivity index (χ3v) is 5.82. The predicted molar refractivity (Wildman–Crippen MR) is 74.3 cm³/mol. The highest BCUT2D eigenvalue weighted by atomic mass is 33.1. The van der Waals surface area contributed by atoms with Crippen LogP contribution in [0.1, 0.15) is 12.8 Å². The lowest BCUT2D eigenvalue weighted by molar-refractivity contribution is 0.287. The summed E-state index contributed by atoms with van der Waals surface area (Å²) in [4.78, 5) is 4.54. The summed E-state index contributed by atoms with van der Waals surface area (Å²) in [6.07, 6.45) is 1.96. The molecule has 1 aromatic heterocycles. The Bertz CT molecular complexity index is 410. The van der Waals surface area contributed by atoms with Crippen LogP contribution in [0, 0.1) is 0 Å². The van der Waals surface area contributed by atoms with E-state index in [9.17, 15) is 0 Å². The molecule has 0 saturated heterocycles. The average molecular weight is 271 g/mol. The summed E-state index contributed by atoms with van der Waals surface area (Å²) >= 11 is 1.74. The number of aliphatic hydroxyl groups is 1. The molecule has 0 saturated carbocycles. The van der Waals surface area contributed by atoms with Gasteiger partial charge in [0.25, 0.3) is 0 Å². The third-order valence-electron chi connectivity index (χ3n) is 2.04. The number of thiazole rings is 1. The van der Waals surface area contributed by atoms with Gasteiger partial charge in [-0.2, -0.15) is 0 Å². The number of hydrogen-bond acceptors (Lipinski definition) is 5. The summed E-state index contributed by atoms with van der Waals surface area (Å²) in [5, 5.41) is 8.65. The second kappa shape index (κ2) is 6.49. The molecule has 0 aliphatic heterocycles. The lowest BCUT2D eigenvalue weighted by atomic mass is 10.3. The number of rotatable bonds is 6. The van der Waals surface area contributed by atoms with Gasteiger partial charge >= 0.3 is 0 Å². The molecule has 1 heterocycles. The standard InChI is InChI=1S/C11H13NOS3/c13-7-3-4-8-14-16-11-12-9-5-1-2-6-10(9)15-11/h1-2,5-6,13H,3-4,7-8H2. The van der Waals surface area contributed by atoms with E-state index >= 15 is 0 Å². The smallest absolute Gasteiger partial charge is 0.161 e. The fourth-order valence-corrected chi connectivity index (χ4v) is 4.75. The maximum Gasteiger partial charge on any atom is 0.161 e. The molecule has 2 aromatic rings. The van der Waals surface area contributed by atoms with E-state index in [1.54, 1.807) is 22.1 Å². The molecule has 2 nitrogen and oxygen atoms in total. The molecule has 86 valence electrons. The van der Waals surface area contributed by atoms with Gasteiger partial charge in [-0.1, -0.05) is 22.9 Å². The highest BCUT2D eigenvalue weighted by molar-refractivity contribution is 8.77. The third kappa shape index (κ3) is 3.38. The summed E-state index contributed by atoms with van der Waals surface area (Å²) in [5.41, 5.74) is 1.09. The highest BCUT2D eigenvalue weighted by Gasteiger charge is 2.03. The van der Waals surface area contributed by atoms with Crippen molar-refractivity contribution in [2.75, 3.05) is 12.4 Å². The summed E-state index contributed by atoms with van der Waals surface area (Å²) in [5.74, 6) is 1.07. The number of aliphatic hydroxyl groups excluding tert-OH is 1. The summed E-state index contributed by atoms with van der Waals surface area (Å²) in [7, 11) is 3.55. The molecule has 0 radical (unpaired) electrons. The molecule has 0 aliphatic carbocycles. The van der Waals surface area contributed by atoms with Gasteiger partial charge in [-0.3, -0.25) is 0 Å². The van der Waals surface area contributed by atoms with Crippen molar-refractivity contribution in [3.05, 3.63) is 24.3 Å². The van der Waals surface area contributed by atoms with Gasteiger partial charge in [0.05, 0.1) is 10.2 Å². The van der Waals surface area contributed by atoms with Crippen LogP contribution in [0.4, 0.5) is 0 Å². The Hall–Kier alpha value is -0.230. The van der Waals surface area contributed by atoms with E-state index in [0.29, 0.717) is 6.61 Å². The van der Waals surface area contributed by atoms with Gasteiger partial charge < -0.3 is 5.11 Å². The van der Waals surface area contributed by atoms with Crippen molar-refractivity contribution in [2.24, 2.45) is 0 Å². The molecule has 0 atom stereocenters. The fourth-order valence-electron chi connectivity index (χ4n) is 1.25. The van der Waals surface area contributed by atoms with Crippen LogP contribution in [0.3, 0.4) is 0 Å². The molecular formula is C11H13NOS3. The Morgan fingerprint density at radius 3 is 2.94 bits per heavy atom. The van der Waals surface area contributed by atoms with Gasteiger partial charge in [-0.05, 0) is 35.8 Å². The van der Waals surface area contributed by atoms with E-state index in [1.165, 1.54) is 4.70 Å². The van der Waals surface area contributed by atoms with Gasteiger partial charge in [0, 0.05) is 12.4 Å². The molecule has 0 fully saturated rings. The topological polar surface area (TPSA) is 33.1 Å². The van der Waals surface area contributed by atoms with Crippen LogP contribution in [-0.4, -0.2) is 22.5 Å². The Labute approximate surface area is 107 Å². The van der Waals surface area contributed by atoms with Gasteiger partial charge in [0.1, 0.15) is 0 Å². The van der Waals surface area contributed by atoms with E-state index in [-0.39, 0.29) is 0 Å². The zero-order valence-electron chi connectivity index (χ0n) is 8.76. The quantitative estimate of drug-likeness (QED) is 0.640. The molecule has 5 heteroatoms. The van der Waals surface area contributed by atoms with E-state index in [4.69, 9.17) is 5.11 Å². The molecule has 1 N–H and O–H groups in total. The maximum absolute atomic E-state index is 8.65. The van der Waals surface area contributed by atoms with Gasteiger partial charge in [0.15, 0.2) is 4.34 Å². The van der Waals surface area contributed by atoms with Crippen molar-refractivity contribution in [2.45, 2.75) is 17.2 Å². The number of nitrogens with zero attached hydrogens (tertiary/aromatic N) is 1. The van der Waals surface area contributed by atoms with Crippen LogP contribution in [0.15, 0.2) is 28.6 Å². The zero-order chi connectivity index (χ0) is 11.2. The van der Waals surface area contributed by atoms with Crippen LogP contribution >= 0.6 is 32.9 Å². The first-order valence-corrected chi connectivity index (χ1v) is 8.29. The van der Waals surface area contributed by atoms with Crippen LogP contribution in [-0.2, 0) is 0 Å². The molecule has 0 bridgehead atoms. The lowest BCUT2D eigenvalue weighted by Crippen LogP contribution is -1.83. The molecule has 0 spiro atoms. The van der Waals surface area contributed by atoms with E-state index in [0.717, 1.165) is 28.5 Å². The average Bonchev–Trinajstić information content (AvgIpc) is 2.71. The largest absolute Gasteiger partial charge is 0.396 e. The van der Waals surface area contributed by atoms with Crippen molar-refractivity contribution in [1.29, 1.82) is 0 Å². The first-order chi connectivity index (χ1) is 7.90. The summed E-state index contributed by atoms with van der Waals surface area (Å²) in [6.45, 7) is 0.298. The molecular weight excluding hydrogens is 258 g/mol. The van der Waals surface area contributed by atoms with E-state index in [2.05, 4.69) is 11.1 Å². The molecule has 1 aromatic carbocycles. The van der Waals surface area contributed by atoms with Gasteiger partial charge in [0.2, 0.25) is 0 Å². The first-order valence-electron chi connectivity index (χ1n) is 5.16. The van der Waals surface area contributed by atoms with Crippen LogP contribution in [0.5, 0.6) is 0 Å². The number of fused-ring (bicyclic) bond motifs is 1. The minimum absolute atomic E-state index is 0.298. The van der Waals surface area contributed by atoms with Gasteiger partial charge in [-0.25, -0.2) is 4.98 Å². The molecule has 16 heavy (non-hydrogen) atoms. The van der Waals surface area contributed by atoms with E-state index < -0.39 is 0 Å². The van der Waals surface area contributed by atoms with E-state index in [1.807, 2.05) is 29.0 Å². The maximum atomic E-state index is 8.65. The number of para-hydroxylation sites is 1. The lowest BCUT2D eigenvalue weighted by Gasteiger charge is -1.95. The second-order valence-electron chi connectivity index (χ2n) is 3.28. The number of benzene rings is 1. The number of unbranched alkanes of at least 4 members (excludes halogenated alkanes) is 1. The van der Waals surface area contributed by atoms with Crippen molar-refractivity contribution in [3.8, 4) is 0 Å². The number of aromatic nitrogens is 1. The normalized spacial score (nSPS) is 11.1. The minimum atomic E-state index is 0.298. The van der Waals surface area contributed by atoms with Crippen molar-refractivity contribution >= 4 is 43.1 Å². The van der Waals surface area contributed by atoms with Crippen LogP contribution < -0.4 is 0 Å². The Morgan fingerprint density at radius 1 is 1.25 bits per heavy atom. The zero-order valence-corrected chi connectivity index (χ0v) is 11.2. The predicted octanol–water partition coefficient (Wildman–Crippen LogP) is 3.81. The summed E-state index contributed by atoms with van der Waals surface area (Å²) in [6, 6.07) is 8.22. The van der Waals surface area contributed by atoms with Crippen molar-refractivity contribution in [3.63, 3.8) is 0 Å². The van der Waals surface area contributed by atoms with Crippen molar-refractivity contribution in [1.82, 2.24) is 4.98 Å². The minimum Gasteiger partial charge on any atom is -0.396 e. The van der Waals surface area contributed by atoms with Crippen LogP contribution in [0.25, 0.3) is 10.2 Å². The molecule has 2 rings (SSSR count). The fraction of sp³-hybridized carbons (Fsp3) is 0.364. The Kier molecular flexibility index (Phi) is 4.96. The second-order valence-corrected chi connectivity index (χ2v) is 6.98. The van der Waals surface area contributed by atoms with Crippen molar-refractivity contribution < 1.29 is 5.11 Å². The SMILES string of the molecule is OCCCCSSc1nc2ccccc2s1. The van der Waals surface area contributed by atoms with Crippen LogP contribution in [0.2, 0.25) is 0 Å². The molecule has 0 aliphatic rings. The first kappa shape index (κ1) is 12.2.